The van der Waals surface area contributed by atoms with E-state index in [9.17, 15) is 9.59 Å². The number of ether oxygens (including phenoxy) is 1. The van der Waals surface area contributed by atoms with Gasteiger partial charge in [0.1, 0.15) is 5.75 Å². The fourth-order valence-electron chi connectivity index (χ4n) is 2.34. The van der Waals surface area contributed by atoms with Gasteiger partial charge in [-0.2, -0.15) is 0 Å². The van der Waals surface area contributed by atoms with Crippen molar-refractivity contribution in [2.75, 3.05) is 6.26 Å². The van der Waals surface area contributed by atoms with Gasteiger partial charge in [-0.3, -0.25) is 9.59 Å². The minimum atomic E-state index is -0.996. The minimum absolute atomic E-state index is 0.219. The van der Waals surface area contributed by atoms with Crippen molar-refractivity contribution < 1.29 is 19.4 Å². The zero-order valence-electron chi connectivity index (χ0n) is 14.4. The highest BCUT2D eigenvalue weighted by Crippen LogP contribution is 2.25. The van der Waals surface area contributed by atoms with Crippen LogP contribution in [0.4, 0.5) is 0 Å². The van der Waals surface area contributed by atoms with E-state index in [1.807, 2.05) is 30.5 Å². The molecule has 2 aromatic carbocycles. The summed E-state index contributed by atoms with van der Waals surface area (Å²) in [4.78, 5) is 24.7. The molecule has 0 radical (unpaired) electrons. The number of aliphatic carboxylic acids is 1. The number of carbonyl (C=O) groups is 2. The maximum absolute atomic E-state index is 12.5. The molecule has 0 aliphatic rings. The number of para-hydroxylation sites is 1. The molecule has 2 atom stereocenters. The van der Waals surface area contributed by atoms with Gasteiger partial charge in [0.2, 0.25) is 0 Å². The lowest BCUT2D eigenvalue weighted by Crippen LogP contribution is -2.39. The zero-order valence-corrected chi connectivity index (χ0v) is 16.0. The van der Waals surface area contributed by atoms with Gasteiger partial charge in [0.15, 0.2) is 6.10 Å². The van der Waals surface area contributed by atoms with E-state index in [4.69, 9.17) is 21.4 Å². The molecule has 0 aliphatic heterocycles. The predicted molar refractivity (Wildman–Crippen MR) is 103 cm³/mol. The number of hydrogen-bond acceptors (Lipinski definition) is 4. The smallest absolute Gasteiger partial charge is 0.305 e. The first-order chi connectivity index (χ1) is 12.4. The molecule has 0 saturated heterocycles. The first kappa shape index (κ1) is 20.1. The Hall–Kier alpha value is -2.18. The summed E-state index contributed by atoms with van der Waals surface area (Å²) in [5.74, 6) is -1.01. The molecule has 0 aliphatic carbocycles. The maximum atomic E-state index is 12.5. The van der Waals surface area contributed by atoms with Crippen LogP contribution in [-0.2, 0) is 9.59 Å². The van der Waals surface area contributed by atoms with Crippen LogP contribution in [0, 0.1) is 0 Å². The van der Waals surface area contributed by atoms with Crippen LogP contribution in [0.25, 0.3) is 0 Å². The second kappa shape index (κ2) is 9.50. The third-order valence-electron chi connectivity index (χ3n) is 3.72. The molecule has 0 aromatic heterocycles. The Morgan fingerprint density at radius 2 is 1.85 bits per heavy atom. The maximum Gasteiger partial charge on any atom is 0.305 e. The highest BCUT2D eigenvalue weighted by atomic mass is 35.5. The third-order valence-corrected chi connectivity index (χ3v) is 4.78. The van der Waals surface area contributed by atoms with Gasteiger partial charge in [0, 0.05) is 4.90 Å². The molecule has 1 amide bonds. The fraction of sp³-hybridized carbons (Fsp3) is 0.263. The Balaban J connectivity index is 2.09. The first-order valence-electron chi connectivity index (χ1n) is 7.98. The van der Waals surface area contributed by atoms with Gasteiger partial charge in [-0.05, 0) is 43.0 Å². The quantitative estimate of drug-likeness (QED) is 0.658. The summed E-state index contributed by atoms with van der Waals surface area (Å²) in [5, 5.41) is 12.3. The summed E-state index contributed by atoms with van der Waals surface area (Å²) in [5.41, 5.74) is 0.725. The van der Waals surface area contributed by atoms with E-state index in [0.29, 0.717) is 10.8 Å². The number of carboxylic acid groups (broad SMARTS) is 1. The van der Waals surface area contributed by atoms with Gasteiger partial charge < -0.3 is 15.2 Å². The van der Waals surface area contributed by atoms with E-state index in [1.165, 1.54) is 0 Å². The largest absolute Gasteiger partial charge is 0.481 e. The van der Waals surface area contributed by atoms with Crippen molar-refractivity contribution in [2.45, 2.75) is 30.4 Å². The molecule has 7 heteroatoms. The number of carboxylic acids is 1. The van der Waals surface area contributed by atoms with Crippen LogP contribution in [0.15, 0.2) is 53.4 Å². The summed E-state index contributed by atoms with van der Waals surface area (Å²) in [6.07, 6.45) is 0.916. The molecule has 0 bridgehead atoms. The van der Waals surface area contributed by atoms with Crippen LogP contribution in [0.3, 0.4) is 0 Å². The summed E-state index contributed by atoms with van der Waals surface area (Å²) in [6, 6.07) is 13.6. The number of nitrogens with one attached hydrogen (secondary N) is 1. The van der Waals surface area contributed by atoms with Crippen molar-refractivity contribution in [3.8, 4) is 5.75 Å². The van der Waals surface area contributed by atoms with Crippen LogP contribution in [-0.4, -0.2) is 29.3 Å². The molecule has 26 heavy (non-hydrogen) atoms. The summed E-state index contributed by atoms with van der Waals surface area (Å²) < 4.78 is 5.59. The molecule has 0 spiro atoms. The lowest BCUT2D eigenvalue weighted by atomic mass is 10.0. The average molecular weight is 394 g/mol. The number of carbonyl (C=O) groups excluding carboxylic acids is 1. The van der Waals surface area contributed by atoms with E-state index in [-0.39, 0.29) is 6.42 Å². The number of hydrogen-bond donors (Lipinski definition) is 2. The highest BCUT2D eigenvalue weighted by molar-refractivity contribution is 7.98. The van der Waals surface area contributed by atoms with E-state index in [1.54, 1.807) is 43.0 Å². The normalized spacial score (nSPS) is 12.9. The Kier molecular flexibility index (Phi) is 7.36. The van der Waals surface area contributed by atoms with Gasteiger partial charge in [-0.1, -0.05) is 35.9 Å². The highest BCUT2D eigenvalue weighted by Gasteiger charge is 2.23. The molecule has 5 nitrogen and oxygen atoms in total. The second-order valence-corrected chi connectivity index (χ2v) is 6.91. The average Bonchev–Trinajstić information content (AvgIpc) is 2.62. The van der Waals surface area contributed by atoms with Crippen LogP contribution in [0.1, 0.15) is 24.9 Å². The monoisotopic (exact) mass is 393 g/mol. The number of halogens is 1. The molecule has 2 rings (SSSR count). The van der Waals surface area contributed by atoms with Gasteiger partial charge in [-0.25, -0.2) is 0 Å². The zero-order chi connectivity index (χ0) is 19.1. The van der Waals surface area contributed by atoms with Crippen molar-refractivity contribution in [3.05, 3.63) is 59.1 Å². The van der Waals surface area contributed by atoms with Crippen molar-refractivity contribution in [1.29, 1.82) is 0 Å². The van der Waals surface area contributed by atoms with Crippen molar-refractivity contribution in [1.82, 2.24) is 5.32 Å². The molecular formula is C19H20ClNO4S. The predicted octanol–water partition coefficient (Wildman–Crippen LogP) is 4.16. The van der Waals surface area contributed by atoms with Crippen LogP contribution >= 0.6 is 23.4 Å². The first-order valence-corrected chi connectivity index (χ1v) is 9.58. The van der Waals surface area contributed by atoms with E-state index in [2.05, 4.69) is 5.32 Å². The second-order valence-electron chi connectivity index (χ2n) is 5.62. The van der Waals surface area contributed by atoms with E-state index < -0.39 is 24.0 Å². The van der Waals surface area contributed by atoms with Gasteiger partial charge in [0.25, 0.3) is 5.91 Å². The van der Waals surface area contributed by atoms with Gasteiger partial charge in [-0.15, -0.1) is 11.8 Å². The van der Waals surface area contributed by atoms with Crippen LogP contribution < -0.4 is 10.1 Å². The summed E-state index contributed by atoms with van der Waals surface area (Å²) in [7, 11) is 0. The molecule has 2 aromatic rings. The van der Waals surface area contributed by atoms with E-state index >= 15 is 0 Å². The molecule has 138 valence electrons. The standard InChI is InChI=1S/C19H20ClNO4S/c1-12(25-17-6-4-3-5-15(17)20)19(24)21-16(11-18(22)23)13-7-9-14(26-2)10-8-13/h3-10,12,16H,11H2,1-2H3,(H,21,24)(H,22,23). The topological polar surface area (TPSA) is 75.6 Å². The number of benzene rings is 2. The molecule has 0 saturated carbocycles. The summed E-state index contributed by atoms with van der Waals surface area (Å²) in [6.45, 7) is 1.59. The lowest BCUT2D eigenvalue weighted by Gasteiger charge is -2.21. The van der Waals surface area contributed by atoms with Crippen LogP contribution in [0.2, 0.25) is 5.02 Å². The third kappa shape index (κ3) is 5.68. The Labute approximate surface area is 161 Å². The fourth-order valence-corrected chi connectivity index (χ4v) is 2.92. The van der Waals surface area contributed by atoms with Gasteiger partial charge in [0.05, 0.1) is 17.5 Å². The summed E-state index contributed by atoms with van der Waals surface area (Å²) >= 11 is 7.62. The SMILES string of the molecule is CSc1ccc(C(CC(=O)O)NC(=O)C(C)Oc2ccccc2Cl)cc1. The Morgan fingerprint density at radius 1 is 1.19 bits per heavy atom. The minimum Gasteiger partial charge on any atom is -0.481 e. The molecular weight excluding hydrogens is 374 g/mol. The number of amides is 1. The Morgan fingerprint density at radius 3 is 2.42 bits per heavy atom. The Bertz CT molecular complexity index is 766. The van der Waals surface area contributed by atoms with Crippen molar-refractivity contribution in [3.63, 3.8) is 0 Å². The lowest BCUT2D eigenvalue weighted by molar-refractivity contribution is -0.138. The van der Waals surface area contributed by atoms with Gasteiger partial charge >= 0.3 is 5.97 Å². The van der Waals surface area contributed by atoms with E-state index in [0.717, 1.165) is 10.5 Å². The van der Waals surface area contributed by atoms with Crippen molar-refractivity contribution in [2.24, 2.45) is 0 Å². The number of rotatable bonds is 8. The van der Waals surface area contributed by atoms with Crippen molar-refractivity contribution >= 4 is 35.2 Å². The number of thioether (sulfide) groups is 1. The molecule has 2 unspecified atom stereocenters. The molecule has 0 fully saturated rings. The molecule has 0 heterocycles. The van der Waals surface area contributed by atoms with Crippen LogP contribution in [0.5, 0.6) is 5.75 Å². The molecule has 2 N–H and O–H groups in total.